The number of anilines is 2. The van der Waals surface area contributed by atoms with Crippen LogP contribution >= 0.6 is 0 Å². The molecule has 3 heterocycles. The third-order valence-electron chi connectivity index (χ3n) is 5.08. The van der Waals surface area contributed by atoms with E-state index in [4.69, 9.17) is 4.74 Å². The molecule has 8 heteroatoms. The first kappa shape index (κ1) is 18.7. The number of carbonyl (C=O) groups excluding carboxylic acids is 1. The molecule has 0 radical (unpaired) electrons. The highest BCUT2D eigenvalue weighted by Gasteiger charge is 2.25. The summed E-state index contributed by atoms with van der Waals surface area (Å²) in [5.41, 5.74) is 0. The number of hydrogen-bond donors (Lipinski definition) is 2. The molecule has 2 unspecified atom stereocenters. The molecule has 0 aromatic carbocycles. The summed E-state index contributed by atoms with van der Waals surface area (Å²) >= 11 is 0. The van der Waals surface area contributed by atoms with Gasteiger partial charge in [-0.15, -0.1) is 0 Å². The second-order valence-electron chi connectivity index (χ2n) is 7.02. The summed E-state index contributed by atoms with van der Waals surface area (Å²) in [5, 5.41) is 12.4. The van der Waals surface area contributed by atoms with Gasteiger partial charge in [0.05, 0.1) is 6.61 Å². The van der Waals surface area contributed by atoms with Crippen LogP contribution in [0.5, 0.6) is 0 Å². The quantitative estimate of drug-likeness (QED) is 0.817. The summed E-state index contributed by atoms with van der Waals surface area (Å²) in [5.74, 6) is 2.11. The number of hydrogen-bond acceptors (Lipinski definition) is 7. The van der Waals surface area contributed by atoms with Crippen molar-refractivity contribution in [2.75, 3.05) is 49.2 Å². The van der Waals surface area contributed by atoms with Gasteiger partial charge < -0.3 is 25.0 Å². The van der Waals surface area contributed by atoms with Gasteiger partial charge in [0.15, 0.2) is 0 Å². The van der Waals surface area contributed by atoms with Crippen LogP contribution in [0.1, 0.15) is 32.6 Å². The molecule has 2 atom stereocenters. The minimum atomic E-state index is -0.355. The lowest BCUT2D eigenvalue weighted by atomic mass is 9.99. The van der Waals surface area contributed by atoms with Crippen molar-refractivity contribution in [1.82, 2.24) is 15.3 Å². The molecule has 1 amide bonds. The Morgan fingerprint density at radius 2 is 1.92 bits per heavy atom. The molecule has 2 saturated heterocycles. The van der Waals surface area contributed by atoms with Crippen molar-refractivity contribution >= 4 is 17.7 Å². The molecule has 0 saturated carbocycles. The van der Waals surface area contributed by atoms with Crippen LogP contribution in [0.4, 0.5) is 16.4 Å². The fourth-order valence-electron chi connectivity index (χ4n) is 3.75. The average Bonchev–Trinajstić information content (AvgIpc) is 2.68. The van der Waals surface area contributed by atoms with Gasteiger partial charge in [-0.05, 0) is 38.5 Å². The summed E-state index contributed by atoms with van der Waals surface area (Å²) in [6.07, 6.45) is 5.32. The molecule has 1 aromatic rings. The second-order valence-corrected chi connectivity index (χ2v) is 7.02. The molecule has 0 bridgehead atoms. The lowest BCUT2D eigenvalue weighted by molar-refractivity contribution is 0.146. The Kier molecular flexibility index (Phi) is 6.49. The normalized spacial score (nSPS) is 23.6. The SMILES string of the molecule is CCOC(=O)NC1CCCN(c2cc(N3CCCC(CO)C3)ncn2)C1. The molecular formula is C18H29N5O3. The number of aliphatic hydroxyl groups excluding tert-OH is 1. The Labute approximate surface area is 154 Å². The lowest BCUT2D eigenvalue weighted by Gasteiger charge is -2.35. The third kappa shape index (κ3) is 4.75. The van der Waals surface area contributed by atoms with Gasteiger partial charge in [-0.3, -0.25) is 0 Å². The summed E-state index contributed by atoms with van der Waals surface area (Å²) in [7, 11) is 0. The maximum atomic E-state index is 11.7. The number of carbonyl (C=O) groups is 1. The number of ether oxygens (including phenoxy) is 1. The van der Waals surface area contributed by atoms with E-state index in [9.17, 15) is 9.90 Å². The number of piperidine rings is 2. The van der Waals surface area contributed by atoms with Gasteiger partial charge in [-0.1, -0.05) is 0 Å². The van der Waals surface area contributed by atoms with Crippen LogP contribution in [-0.2, 0) is 4.74 Å². The number of rotatable bonds is 5. The highest BCUT2D eigenvalue weighted by Crippen LogP contribution is 2.25. The monoisotopic (exact) mass is 363 g/mol. The van der Waals surface area contributed by atoms with Gasteiger partial charge >= 0.3 is 6.09 Å². The number of alkyl carbamates (subject to hydrolysis) is 1. The van der Waals surface area contributed by atoms with Crippen molar-refractivity contribution in [2.24, 2.45) is 5.92 Å². The Bertz CT molecular complexity index is 600. The smallest absolute Gasteiger partial charge is 0.407 e. The van der Waals surface area contributed by atoms with Crippen LogP contribution in [0.2, 0.25) is 0 Å². The van der Waals surface area contributed by atoms with Crippen LogP contribution in [-0.4, -0.2) is 66.6 Å². The first-order valence-corrected chi connectivity index (χ1v) is 9.55. The molecule has 0 aliphatic carbocycles. The summed E-state index contributed by atoms with van der Waals surface area (Å²) in [6, 6.07) is 2.09. The zero-order chi connectivity index (χ0) is 18.4. The number of nitrogens with zero attached hydrogens (tertiary/aromatic N) is 4. The van der Waals surface area contributed by atoms with Crippen molar-refractivity contribution in [1.29, 1.82) is 0 Å². The maximum Gasteiger partial charge on any atom is 0.407 e. The van der Waals surface area contributed by atoms with E-state index in [1.807, 2.05) is 6.07 Å². The molecule has 2 aliphatic rings. The van der Waals surface area contributed by atoms with Crippen LogP contribution in [0.3, 0.4) is 0 Å². The van der Waals surface area contributed by atoms with Crippen molar-refractivity contribution < 1.29 is 14.6 Å². The fourth-order valence-corrected chi connectivity index (χ4v) is 3.75. The lowest BCUT2D eigenvalue weighted by Crippen LogP contribution is -2.48. The predicted octanol–water partition coefficient (Wildman–Crippen LogP) is 1.40. The van der Waals surface area contributed by atoms with Crippen LogP contribution < -0.4 is 15.1 Å². The Morgan fingerprint density at radius 3 is 2.62 bits per heavy atom. The maximum absolute atomic E-state index is 11.7. The Morgan fingerprint density at radius 1 is 1.23 bits per heavy atom. The van der Waals surface area contributed by atoms with E-state index in [-0.39, 0.29) is 18.7 Å². The Hall–Kier alpha value is -2.09. The van der Waals surface area contributed by atoms with Gasteiger partial charge in [0.1, 0.15) is 18.0 Å². The third-order valence-corrected chi connectivity index (χ3v) is 5.08. The van der Waals surface area contributed by atoms with Gasteiger partial charge in [0.2, 0.25) is 0 Å². The first-order chi connectivity index (χ1) is 12.7. The minimum absolute atomic E-state index is 0.0648. The van der Waals surface area contributed by atoms with Crippen LogP contribution in [0.15, 0.2) is 12.4 Å². The topological polar surface area (TPSA) is 90.8 Å². The van der Waals surface area contributed by atoms with Gasteiger partial charge in [0, 0.05) is 44.9 Å². The minimum Gasteiger partial charge on any atom is -0.450 e. The number of nitrogens with one attached hydrogen (secondary N) is 1. The van der Waals surface area contributed by atoms with E-state index in [0.29, 0.717) is 19.1 Å². The number of aliphatic hydroxyl groups is 1. The molecule has 2 fully saturated rings. The van der Waals surface area contributed by atoms with E-state index in [2.05, 4.69) is 25.1 Å². The molecule has 8 nitrogen and oxygen atoms in total. The Balaban J connectivity index is 1.64. The van der Waals surface area contributed by atoms with Crippen LogP contribution in [0.25, 0.3) is 0 Å². The summed E-state index contributed by atoms with van der Waals surface area (Å²) in [4.78, 5) is 25.0. The first-order valence-electron chi connectivity index (χ1n) is 9.55. The largest absolute Gasteiger partial charge is 0.450 e. The molecule has 3 rings (SSSR count). The van der Waals surface area contributed by atoms with Crippen molar-refractivity contribution in [3.63, 3.8) is 0 Å². The predicted molar refractivity (Wildman–Crippen MR) is 99.4 cm³/mol. The summed E-state index contributed by atoms with van der Waals surface area (Å²) < 4.78 is 4.98. The van der Waals surface area contributed by atoms with E-state index in [1.165, 1.54) is 0 Å². The van der Waals surface area contributed by atoms with E-state index in [0.717, 1.165) is 57.0 Å². The zero-order valence-corrected chi connectivity index (χ0v) is 15.4. The van der Waals surface area contributed by atoms with Crippen molar-refractivity contribution in [3.8, 4) is 0 Å². The molecule has 2 N–H and O–H groups in total. The van der Waals surface area contributed by atoms with E-state index < -0.39 is 0 Å². The van der Waals surface area contributed by atoms with E-state index >= 15 is 0 Å². The standard InChI is InChI=1S/C18H29N5O3/c1-2-26-18(25)21-15-6-4-8-23(11-15)17-9-16(19-13-20-17)22-7-3-5-14(10-22)12-24/h9,13-15,24H,2-8,10-12H2,1H3,(H,21,25). The van der Waals surface area contributed by atoms with Crippen molar-refractivity contribution in [2.45, 2.75) is 38.6 Å². The highest BCUT2D eigenvalue weighted by molar-refractivity contribution is 5.67. The van der Waals surface area contributed by atoms with Gasteiger partial charge in [-0.2, -0.15) is 0 Å². The highest BCUT2D eigenvalue weighted by atomic mass is 16.5. The molecule has 26 heavy (non-hydrogen) atoms. The molecule has 2 aliphatic heterocycles. The number of amides is 1. The van der Waals surface area contributed by atoms with Gasteiger partial charge in [-0.25, -0.2) is 14.8 Å². The number of aromatic nitrogens is 2. The van der Waals surface area contributed by atoms with Gasteiger partial charge in [0.25, 0.3) is 0 Å². The second kappa shape index (κ2) is 9.02. The fraction of sp³-hybridized carbons (Fsp3) is 0.722. The average molecular weight is 363 g/mol. The van der Waals surface area contributed by atoms with Crippen LogP contribution in [0, 0.1) is 5.92 Å². The molecule has 0 spiro atoms. The molecule has 1 aromatic heterocycles. The summed E-state index contributed by atoms with van der Waals surface area (Å²) in [6.45, 7) is 5.83. The molecular weight excluding hydrogens is 334 g/mol. The molecule has 144 valence electrons. The van der Waals surface area contributed by atoms with Crippen molar-refractivity contribution in [3.05, 3.63) is 12.4 Å². The zero-order valence-electron chi connectivity index (χ0n) is 15.4. The van der Waals surface area contributed by atoms with E-state index in [1.54, 1.807) is 13.3 Å².